The van der Waals surface area contributed by atoms with E-state index >= 15 is 0 Å². The molecule has 0 amide bonds. The topological polar surface area (TPSA) is 3.24 Å². The zero-order chi connectivity index (χ0) is 11.2. The number of hydrogen-bond acceptors (Lipinski definition) is 1. The maximum atomic E-state index is 3.86. The molecule has 0 aliphatic rings. The van der Waals surface area contributed by atoms with Gasteiger partial charge in [0.05, 0.1) is 0 Å². The second-order valence-corrected chi connectivity index (χ2v) is 3.63. The highest BCUT2D eigenvalue weighted by molar-refractivity contribution is 5.49. The minimum absolute atomic E-state index is 0.856. The largest absolute Gasteiger partial charge is 0.344 e. The number of anilines is 1. The first kappa shape index (κ1) is 10.5. The van der Waals surface area contributed by atoms with E-state index in [1.807, 2.05) is 30.5 Å². The van der Waals surface area contributed by atoms with Gasteiger partial charge in [0, 0.05) is 12.2 Å². The molecule has 16 heavy (non-hydrogen) atoms. The molecule has 0 bridgehead atoms. The zero-order valence-corrected chi connectivity index (χ0v) is 9.21. The number of para-hydroxylation sites is 1. The molecule has 0 atom stereocenters. The Balaban J connectivity index is 2.16. The second kappa shape index (κ2) is 5.17. The first-order chi connectivity index (χ1) is 7.90. The third-order valence-electron chi connectivity index (χ3n) is 2.50. The molecule has 1 heteroatoms. The van der Waals surface area contributed by atoms with Gasteiger partial charge in [-0.05, 0) is 23.9 Å². The molecule has 0 N–H and O–H groups in total. The molecular formula is C15H15N. The lowest BCUT2D eigenvalue weighted by molar-refractivity contribution is 0.970. The SMILES string of the molecule is C=CN(Cc1ccccc1)c1ccccc1. The highest BCUT2D eigenvalue weighted by Gasteiger charge is 2.01. The summed E-state index contributed by atoms with van der Waals surface area (Å²) in [6.07, 6.45) is 1.86. The summed E-state index contributed by atoms with van der Waals surface area (Å²) in [5.41, 5.74) is 2.45. The fourth-order valence-corrected chi connectivity index (χ4v) is 1.66. The van der Waals surface area contributed by atoms with Crippen molar-refractivity contribution in [1.82, 2.24) is 0 Å². The Morgan fingerprint density at radius 2 is 1.44 bits per heavy atom. The molecular weight excluding hydrogens is 194 g/mol. The smallest absolute Gasteiger partial charge is 0.0475 e. The van der Waals surface area contributed by atoms with Gasteiger partial charge in [-0.15, -0.1) is 0 Å². The van der Waals surface area contributed by atoms with E-state index in [0.717, 1.165) is 6.54 Å². The molecule has 0 aliphatic heterocycles. The minimum atomic E-state index is 0.856. The van der Waals surface area contributed by atoms with E-state index in [1.165, 1.54) is 11.3 Å². The third kappa shape index (κ3) is 2.51. The molecule has 1 nitrogen and oxygen atoms in total. The summed E-state index contributed by atoms with van der Waals surface area (Å²) >= 11 is 0. The Kier molecular flexibility index (Phi) is 3.39. The van der Waals surface area contributed by atoms with Crippen LogP contribution in [0, 0.1) is 0 Å². The zero-order valence-electron chi connectivity index (χ0n) is 9.21. The second-order valence-electron chi connectivity index (χ2n) is 3.63. The number of benzene rings is 2. The highest BCUT2D eigenvalue weighted by Crippen LogP contribution is 2.16. The van der Waals surface area contributed by atoms with Gasteiger partial charge in [0.1, 0.15) is 0 Å². The summed E-state index contributed by atoms with van der Waals surface area (Å²) in [4.78, 5) is 2.13. The van der Waals surface area contributed by atoms with Crippen molar-refractivity contribution < 1.29 is 0 Å². The van der Waals surface area contributed by atoms with E-state index in [0.29, 0.717) is 0 Å². The van der Waals surface area contributed by atoms with E-state index in [2.05, 4.69) is 47.9 Å². The van der Waals surface area contributed by atoms with Crippen LogP contribution in [0.3, 0.4) is 0 Å². The van der Waals surface area contributed by atoms with Crippen LogP contribution in [0.1, 0.15) is 5.56 Å². The third-order valence-corrected chi connectivity index (χ3v) is 2.50. The van der Waals surface area contributed by atoms with Crippen LogP contribution in [-0.2, 0) is 6.54 Å². The van der Waals surface area contributed by atoms with E-state index < -0.39 is 0 Å². The first-order valence-electron chi connectivity index (χ1n) is 5.38. The van der Waals surface area contributed by atoms with Crippen molar-refractivity contribution in [3.05, 3.63) is 79.0 Å². The molecule has 80 valence electrons. The summed E-state index contributed by atoms with van der Waals surface area (Å²) in [5.74, 6) is 0. The summed E-state index contributed by atoms with van der Waals surface area (Å²) in [7, 11) is 0. The molecule has 2 aromatic carbocycles. The van der Waals surface area contributed by atoms with Gasteiger partial charge in [0.25, 0.3) is 0 Å². The Morgan fingerprint density at radius 3 is 2.00 bits per heavy atom. The fraction of sp³-hybridized carbons (Fsp3) is 0.0667. The van der Waals surface area contributed by atoms with Crippen LogP contribution in [-0.4, -0.2) is 0 Å². The van der Waals surface area contributed by atoms with E-state index in [4.69, 9.17) is 0 Å². The van der Waals surface area contributed by atoms with E-state index in [-0.39, 0.29) is 0 Å². The van der Waals surface area contributed by atoms with E-state index in [1.54, 1.807) is 0 Å². The van der Waals surface area contributed by atoms with Gasteiger partial charge in [0.15, 0.2) is 0 Å². The lowest BCUT2D eigenvalue weighted by Crippen LogP contribution is -2.14. The Hall–Kier alpha value is -2.02. The van der Waals surface area contributed by atoms with Gasteiger partial charge >= 0.3 is 0 Å². The molecule has 0 fully saturated rings. The predicted molar refractivity (Wildman–Crippen MR) is 69.3 cm³/mol. The number of rotatable bonds is 4. The molecule has 0 saturated carbocycles. The Bertz CT molecular complexity index is 434. The molecule has 0 radical (unpaired) electrons. The van der Waals surface area contributed by atoms with Crippen LogP contribution in [0.5, 0.6) is 0 Å². The van der Waals surface area contributed by atoms with Crippen molar-refractivity contribution in [1.29, 1.82) is 0 Å². The van der Waals surface area contributed by atoms with Crippen LogP contribution in [0.2, 0.25) is 0 Å². The van der Waals surface area contributed by atoms with Crippen molar-refractivity contribution in [3.8, 4) is 0 Å². The van der Waals surface area contributed by atoms with Crippen molar-refractivity contribution in [2.75, 3.05) is 4.90 Å². The maximum Gasteiger partial charge on any atom is 0.0475 e. The monoisotopic (exact) mass is 209 g/mol. The molecule has 0 saturated heterocycles. The van der Waals surface area contributed by atoms with Gasteiger partial charge in [-0.1, -0.05) is 55.1 Å². The predicted octanol–water partition coefficient (Wildman–Crippen LogP) is 3.84. The highest BCUT2D eigenvalue weighted by atomic mass is 15.1. The van der Waals surface area contributed by atoms with Gasteiger partial charge in [0.2, 0.25) is 0 Å². The average Bonchev–Trinajstić information content (AvgIpc) is 2.38. The maximum absolute atomic E-state index is 3.86. The standard InChI is InChI=1S/C15H15N/c1-2-16(15-11-7-4-8-12-15)13-14-9-5-3-6-10-14/h2-12H,1,13H2. The average molecular weight is 209 g/mol. The van der Waals surface area contributed by atoms with Crippen molar-refractivity contribution >= 4 is 5.69 Å². The summed E-state index contributed by atoms with van der Waals surface area (Å²) in [6, 6.07) is 20.7. The summed E-state index contributed by atoms with van der Waals surface area (Å²) in [5, 5.41) is 0. The van der Waals surface area contributed by atoms with Crippen molar-refractivity contribution in [2.45, 2.75) is 6.54 Å². The first-order valence-corrected chi connectivity index (χ1v) is 5.38. The molecule has 0 heterocycles. The van der Waals surface area contributed by atoms with Gasteiger partial charge in [-0.25, -0.2) is 0 Å². The lowest BCUT2D eigenvalue weighted by atomic mass is 10.2. The minimum Gasteiger partial charge on any atom is -0.344 e. The molecule has 0 spiro atoms. The molecule has 2 aromatic rings. The van der Waals surface area contributed by atoms with E-state index in [9.17, 15) is 0 Å². The quantitative estimate of drug-likeness (QED) is 0.739. The van der Waals surface area contributed by atoms with Gasteiger partial charge < -0.3 is 4.90 Å². The number of nitrogens with zero attached hydrogens (tertiary/aromatic N) is 1. The molecule has 0 aromatic heterocycles. The van der Waals surface area contributed by atoms with Crippen molar-refractivity contribution in [2.24, 2.45) is 0 Å². The molecule has 0 unspecified atom stereocenters. The van der Waals surface area contributed by atoms with Crippen LogP contribution < -0.4 is 4.90 Å². The van der Waals surface area contributed by atoms with Crippen LogP contribution in [0.4, 0.5) is 5.69 Å². The van der Waals surface area contributed by atoms with Crippen LogP contribution >= 0.6 is 0 Å². The lowest BCUT2D eigenvalue weighted by Gasteiger charge is -2.20. The Labute approximate surface area is 96.7 Å². The normalized spacial score (nSPS) is 9.75. The molecule has 2 rings (SSSR count). The Morgan fingerprint density at radius 1 is 0.875 bits per heavy atom. The van der Waals surface area contributed by atoms with Crippen LogP contribution in [0.25, 0.3) is 0 Å². The van der Waals surface area contributed by atoms with Crippen molar-refractivity contribution in [3.63, 3.8) is 0 Å². The fourth-order valence-electron chi connectivity index (χ4n) is 1.66. The summed E-state index contributed by atoms with van der Waals surface area (Å²) in [6.45, 7) is 4.71. The van der Waals surface area contributed by atoms with Gasteiger partial charge in [-0.3, -0.25) is 0 Å². The molecule has 0 aliphatic carbocycles. The van der Waals surface area contributed by atoms with Gasteiger partial charge in [-0.2, -0.15) is 0 Å². The number of hydrogen-bond donors (Lipinski definition) is 0. The summed E-state index contributed by atoms with van der Waals surface area (Å²) < 4.78 is 0. The van der Waals surface area contributed by atoms with Crippen LogP contribution in [0.15, 0.2) is 73.4 Å².